The summed E-state index contributed by atoms with van der Waals surface area (Å²) in [7, 11) is 0. The lowest BCUT2D eigenvalue weighted by molar-refractivity contribution is 0.479. The first-order valence-electron chi connectivity index (χ1n) is 11.2. The number of halogens is 1. The number of nitrogens with zero attached hydrogens (tertiary/aromatic N) is 2. The van der Waals surface area contributed by atoms with Crippen molar-refractivity contribution in [3.8, 4) is 11.5 Å². The molecule has 168 valence electrons. The fourth-order valence-corrected chi connectivity index (χ4v) is 3.89. The molecular weight excluding hydrogens is 442 g/mol. The number of benzene rings is 4. The van der Waals surface area contributed by atoms with Crippen molar-refractivity contribution >= 4 is 40.2 Å². The molecule has 5 heteroatoms. The Bertz CT molecular complexity index is 1390. The molecule has 0 bridgehead atoms. The molecular formula is C29H24ClN3O. The highest BCUT2D eigenvalue weighted by atomic mass is 35.5. The van der Waals surface area contributed by atoms with E-state index >= 15 is 0 Å². The van der Waals surface area contributed by atoms with Crippen molar-refractivity contribution in [2.45, 2.75) is 20.3 Å². The summed E-state index contributed by atoms with van der Waals surface area (Å²) in [6.07, 6.45) is 0.564. The third-order valence-corrected chi connectivity index (χ3v) is 5.88. The van der Waals surface area contributed by atoms with E-state index in [4.69, 9.17) is 26.3 Å². The second kappa shape index (κ2) is 9.54. The van der Waals surface area contributed by atoms with E-state index in [0.717, 1.165) is 51.2 Å². The van der Waals surface area contributed by atoms with E-state index in [9.17, 15) is 0 Å². The van der Waals surface area contributed by atoms with Gasteiger partial charge in [-0.2, -0.15) is 0 Å². The van der Waals surface area contributed by atoms with E-state index in [-0.39, 0.29) is 0 Å². The van der Waals surface area contributed by atoms with E-state index in [1.807, 2.05) is 73.7 Å². The second-order valence-electron chi connectivity index (χ2n) is 8.31. The van der Waals surface area contributed by atoms with Crippen LogP contribution in [0.25, 0.3) is 0 Å². The maximum atomic E-state index is 6.16. The molecule has 0 saturated heterocycles. The minimum atomic E-state index is 0.564. The number of amidine groups is 1. The van der Waals surface area contributed by atoms with Gasteiger partial charge in [0.25, 0.3) is 0 Å². The molecule has 0 saturated carbocycles. The zero-order valence-corrected chi connectivity index (χ0v) is 19.8. The Morgan fingerprint density at radius 3 is 2.32 bits per heavy atom. The summed E-state index contributed by atoms with van der Waals surface area (Å²) in [4.78, 5) is 9.95. The molecule has 34 heavy (non-hydrogen) atoms. The predicted octanol–water partition coefficient (Wildman–Crippen LogP) is 8.42. The van der Waals surface area contributed by atoms with Gasteiger partial charge in [-0.15, -0.1) is 0 Å². The monoisotopic (exact) mass is 465 g/mol. The van der Waals surface area contributed by atoms with Crippen molar-refractivity contribution in [2.75, 3.05) is 5.32 Å². The fourth-order valence-electron chi connectivity index (χ4n) is 3.76. The normalized spacial score (nSPS) is 12.8. The number of aliphatic imine (C=N–C) groups is 2. The first-order valence-corrected chi connectivity index (χ1v) is 11.5. The Morgan fingerprint density at radius 1 is 0.794 bits per heavy atom. The molecule has 0 aromatic heterocycles. The van der Waals surface area contributed by atoms with Gasteiger partial charge in [-0.05, 0) is 67.4 Å². The second-order valence-corrected chi connectivity index (χ2v) is 8.75. The van der Waals surface area contributed by atoms with Crippen molar-refractivity contribution < 1.29 is 4.74 Å². The van der Waals surface area contributed by atoms with Gasteiger partial charge in [0, 0.05) is 23.2 Å². The molecule has 0 atom stereocenters. The standard InChI is InChI=1S/C29H24ClN3O/c1-19-7-9-21(10-8-19)26-18-29(31-23-13-11-22(30)12-14-23)33-25-16-15-24(17-27(25)32-26)34-28-6-4-3-5-20(28)2/h3-17H,18H2,1-2H3,(H,31,33). The van der Waals surface area contributed by atoms with Crippen LogP contribution in [-0.2, 0) is 0 Å². The third-order valence-electron chi connectivity index (χ3n) is 5.63. The Labute approximate surface area is 204 Å². The van der Waals surface area contributed by atoms with Gasteiger partial charge in [0.05, 0.1) is 17.1 Å². The maximum absolute atomic E-state index is 6.16. The van der Waals surface area contributed by atoms with E-state index in [0.29, 0.717) is 11.4 Å². The van der Waals surface area contributed by atoms with Crippen molar-refractivity contribution in [3.63, 3.8) is 0 Å². The highest BCUT2D eigenvalue weighted by molar-refractivity contribution is 6.30. The van der Waals surface area contributed by atoms with Crippen LogP contribution >= 0.6 is 11.6 Å². The maximum Gasteiger partial charge on any atom is 0.130 e. The molecule has 1 N–H and O–H groups in total. The zero-order chi connectivity index (χ0) is 23.5. The lowest BCUT2D eigenvalue weighted by Gasteiger charge is -2.11. The molecule has 1 aliphatic heterocycles. The largest absolute Gasteiger partial charge is 0.457 e. The SMILES string of the molecule is Cc1ccc(C2=Nc3cc(Oc4ccccc4C)ccc3N=C(Nc3ccc(Cl)cc3)C2)cc1. The Morgan fingerprint density at radius 2 is 1.56 bits per heavy atom. The number of fused-ring (bicyclic) bond motifs is 1. The van der Waals surface area contributed by atoms with Crippen LogP contribution in [0, 0.1) is 13.8 Å². The predicted molar refractivity (Wildman–Crippen MR) is 142 cm³/mol. The Hall–Kier alpha value is -3.89. The smallest absolute Gasteiger partial charge is 0.130 e. The summed E-state index contributed by atoms with van der Waals surface area (Å²) in [5.41, 5.74) is 6.77. The molecule has 0 unspecified atom stereocenters. The molecule has 1 heterocycles. The highest BCUT2D eigenvalue weighted by Gasteiger charge is 2.16. The van der Waals surface area contributed by atoms with Gasteiger partial charge in [0.2, 0.25) is 0 Å². The number of aryl methyl sites for hydroxylation is 2. The molecule has 0 spiro atoms. The minimum absolute atomic E-state index is 0.564. The first-order chi connectivity index (χ1) is 16.5. The summed E-state index contributed by atoms with van der Waals surface area (Å²) in [5.74, 6) is 2.37. The van der Waals surface area contributed by atoms with Gasteiger partial charge in [0.1, 0.15) is 17.3 Å². The van der Waals surface area contributed by atoms with Crippen LogP contribution in [0.1, 0.15) is 23.1 Å². The van der Waals surface area contributed by atoms with E-state index in [1.165, 1.54) is 5.56 Å². The summed E-state index contributed by atoms with van der Waals surface area (Å²) in [5, 5.41) is 4.14. The van der Waals surface area contributed by atoms with Gasteiger partial charge >= 0.3 is 0 Å². The van der Waals surface area contributed by atoms with Crippen LogP contribution in [0.15, 0.2) is 101 Å². The molecule has 0 amide bonds. The van der Waals surface area contributed by atoms with E-state index in [2.05, 4.69) is 36.5 Å². The topological polar surface area (TPSA) is 46.0 Å². The van der Waals surface area contributed by atoms with Crippen molar-refractivity contribution in [3.05, 3.63) is 113 Å². The average molecular weight is 466 g/mol. The quantitative estimate of drug-likeness (QED) is 0.328. The number of para-hydroxylation sites is 1. The summed E-state index contributed by atoms with van der Waals surface area (Å²) >= 11 is 6.06. The summed E-state index contributed by atoms with van der Waals surface area (Å²) in [6, 6.07) is 29.8. The Kier molecular flexibility index (Phi) is 6.15. The number of hydrogen-bond acceptors (Lipinski definition) is 4. The van der Waals surface area contributed by atoms with E-state index in [1.54, 1.807) is 0 Å². The van der Waals surface area contributed by atoms with Gasteiger partial charge in [-0.1, -0.05) is 59.6 Å². The summed E-state index contributed by atoms with van der Waals surface area (Å²) < 4.78 is 6.16. The van der Waals surface area contributed by atoms with Crippen LogP contribution in [0.2, 0.25) is 5.02 Å². The zero-order valence-electron chi connectivity index (χ0n) is 19.0. The first kappa shape index (κ1) is 21.9. The molecule has 0 aliphatic carbocycles. The van der Waals surface area contributed by atoms with Crippen LogP contribution in [0.5, 0.6) is 11.5 Å². The molecule has 4 aromatic rings. The van der Waals surface area contributed by atoms with Crippen LogP contribution in [0.4, 0.5) is 17.1 Å². The lowest BCUT2D eigenvalue weighted by atomic mass is 10.0. The molecule has 5 rings (SSSR count). The number of nitrogens with one attached hydrogen (secondary N) is 1. The number of rotatable bonds is 4. The average Bonchev–Trinajstić information content (AvgIpc) is 3.01. The molecule has 0 radical (unpaired) electrons. The Balaban J connectivity index is 1.54. The van der Waals surface area contributed by atoms with Gasteiger partial charge in [-0.25, -0.2) is 9.98 Å². The number of hydrogen-bond donors (Lipinski definition) is 1. The third kappa shape index (κ3) is 5.03. The van der Waals surface area contributed by atoms with E-state index < -0.39 is 0 Å². The van der Waals surface area contributed by atoms with Gasteiger partial charge in [-0.3, -0.25) is 0 Å². The number of anilines is 1. The van der Waals surface area contributed by atoms with Crippen LogP contribution < -0.4 is 10.1 Å². The summed E-state index contributed by atoms with van der Waals surface area (Å²) in [6.45, 7) is 4.11. The molecule has 4 nitrogen and oxygen atoms in total. The fraction of sp³-hybridized carbons (Fsp3) is 0.103. The van der Waals surface area contributed by atoms with Crippen LogP contribution in [-0.4, -0.2) is 11.5 Å². The van der Waals surface area contributed by atoms with Crippen molar-refractivity contribution in [1.82, 2.24) is 0 Å². The minimum Gasteiger partial charge on any atom is -0.457 e. The van der Waals surface area contributed by atoms with Crippen molar-refractivity contribution in [2.24, 2.45) is 9.98 Å². The number of ether oxygens (including phenoxy) is 1. The van der Waals surface area contributed by atoms with Gasteiger partial charge < -0.3 is 10.1 Å². The van der Waals surface area contributed by atoms with Crippen molar-refractivity contribution in [1.29, 1.82) is 0 Å². The van der Waals surface area contributed by atoms with Gasteiger partial charge in [0.15, 0.2) is 0 Å². The highest BCUT2D eigenvalue weighted by Crippen LogP contribution is 2.37. The molecule has 0 fully saturated rings. The molecule has 4 aromatic carbocycles. The lowest BCUT2D eigenvalue weighted by Crippen LogP contribution is -2.16. The molecule has 1 aliphatic rings. The van der Waals surface area contributed by atoms with Crippen LogP contribution in [0.3, 0.4) is 0 Å².